The van der Waals surface area contributed by atoms with E-state index in [0.717, 1.165) is 22.2 Å². The first-order valence-corrected chi connectivity index (χ1v) is 13.2. The summed E-state index contributed by atoms with van der Waals surface area (Å²) in [6.07, 6.45) is 1.59. The molecule has 1 aromatic heterocycles. The van der Waals surface area contributed by atoms with E-state index < -0.39 is 35.2 Å². The molecule has 202 valence electrons. The molecule has 3 atom stereocenters. The summed E-state index contributed by atoms with van der Waals surface area (Å²) in [5, 5.41) is 1.03. The maximum absolute atomic E-state index is 15.9. The van der Waals surface area contributed by atoms with Gasteiger partial charge < -0.3 is 9.72 Å². The molecule has 37 heavy (non-hydrogen) atoms. The van der Waals surface area contributed by atoms with Crippen LogP contribution in [0.4, 0.5) is 17.6 Å². The Hall–Kier alpha value is -2.32. The van der Waals surface area contributed by atoms with Crippen LogP contribution < -0.4 is 0 Å². The van der Waals surface area contributed by atoms with Crippen LogP contribution in [-0.4, -0.2) is 71.6 Å². The summed E-state index contributed by atoms with van der Waals surface area (Å²) in [5.74, 6) is -1.51. The number of fused-ring (bicyclic) bond motifs is 3. The quantitative estimate of drug-likeness (QED) is 0.421. The number of ether oxygens (including phenoxy) is 1. The number of rotatable bonds is 8. The van der Waals surface area contributed by atoms with Crippen LogP contribution in [0, 0.1) is 11.8 Å². The summed E-state index contributed by atoms with van der Waals surface area (Å²) in [7, 11) is 0. The van der Waals surface area contributed by atoms with E-state index in [0.29, 0.717) is 26.1 Å². The van der Waals surface area contributed by atoms with E-state index in [1.165, 1.54) is 26.0 Å². The van der Waals surface area contributed by atoms with Crippen molar-refractivity contribution in [1.29, 1.82) is 0 Å². The van der Waals surface area contributed by atoms with E-state index in [4.69, 9.17) is 4.74 Å². The standard InChI is InChI=1S/C29H37F4N3O/c1-28(2,33)17-36-27(26-21(13-29(36,3)4)20-7-5-6-8-24(20)34-26)25-22(31)11-19(12-23(25)32)37-10-9-35-15-18(14-30)16-35/h5-8,11-12,18,22,25,27,34H,9-10,13-17H2,1-4H3/t22?,25?,27-/m0/s1. The smallest absolute Gasteiger partial charge is 0.133 e. The van der Waals surface area contributed by atoms with Crippen LogP contribution in [0.15, 0.2) is 48.0 Å². The second kappa shape index (κ2) is 9.77. The maximum atomic E-state index is 15.9. The molecule has 0 amide bonds. The number of likely N-dealkylation sites (tertiary alicyclic amines) is 1. The van der Waals surface area contributed by atoms with E-state index in [1.807, 2.05) is 43.0 Å². The van der Waals surface area contributed by atoms with E-state index in [9.17, 15) is 4.39 Å². The normalized spacial score (nSPS) is 27.0. The van der Waals surface area contributed by atoms with Crippen LogP contribution in [0.5, 0.6) is 0 Å². The van der Waals surface area contributed by atoms with Gasteiger partial charge in [0.25, 0.3) is 0 Å². The van der Waals surface area contributed by atoms with Crippen LogP contribution in [0.1, 0.15) is 45.0 Å². The highest BCUT2D eigenvalue weighted by molar-refractivity contribution is 5.85. The minimum absolute atomic E-state index is 0.0404. The molecule has 2 unspecified atom stereocenters. The fraction of sp³-hybridized carbons (Fsp3) is 0.586. The lowest BCUT2D eigenvalue weighted by molar-refractivity contribution is -0.0265. The minimum atomic E-state index is -1.65. The predicted octanol–water partition coefficient (Wildman–Crippen LogP) is 6.22. The molecule has 5 rings (SSSR count). The lowest BCUT2D eigenvalue weighted by atomic mass is 9.76. The lowest BCUT2D eigenvalue weighted by Gasteiger charge is -2.51. The van der Waals surface area contributed by atoms with E-state index in [-0.39, 0.29) is 31.5 Å². The van der Waals surface area contributed by atoms with Gasteiger partial charge in [0.2, 0.25) is 0 Å². The van der Waals surface area contributed by atoms with Gasteiger partial charge in [-0.25, -0.2) is 13.2 Å². The molecule has 0 spiro atoms. The Kier molecular flexibility index (Phi) is 6.94. The number of H-pyrrole nitrogens is 1. The third kappa shape index (κ3) is 5.19. The van der Waals surface area contributed by atoms with Gasteiger partial charge in [-0.3, -0.25) is 14.2 Å². The Morgan fingerprint density at radius 3 is 2.59 bits per heavy atom. The van der Waals surface area contributed by atoms with Crippen LogP contribution in [-0.2, 0) is 11.2 Å². The summed E-state index contributed by atoms with van der Waals surface area (Å²) in [6, 6.07) is 7.14. The van der Waals surface area contributed by atoms with Crippen LogP contribution in [0.2, 0.25) is 0 Å². The molecule has 0 saturated carbocycles. The molecular weight excluding hydrogens is 482 g/mol. The highest BCUT2D eigenvalue weighted by atomic mass is 19.2. The number of nitrogens with zero attached hydrogens (tertiary/aromatic N) is 2. The summed E-state index contributed by atoms with van der Waals surface area (Å²) in [6.45, 7) is 8.97. The van der Waals surface area contributed by atoms with Crippen molar-refractivity contribution in [2.45, 2.75) is 57.5 Å². The molecule has 1 aliphatic carbocycles. The van der Waals surface area contributed by atoms with E-state index in [1.54, 1.807) is 0 Å². The van der Waals surface area contributed by atoms with Crippen molar-refractivity contribution in [3.63, 3.8) is 0 Å². The third-order valence-corrected chi connectivity index (χ3v) is 7.94. The highest BCUT2D eigenvalue weighted by Gasteiger charge is 2.50. The number of nitrogens with one attached hydrogen (secondary N) is 1. The first kappa shape index (κ1) is 26.3. The second-order valence-electron chi connectivity index (χ2n) is 12.0. The molecule has 3 aliphatic rings. The van der Waals surface area contributed by atoms with Crippen molar-refractivity contribution in [3.05, 3.63) is 59.3 Å². The molecule has 3 heterocycles. The molecule has 0 bridgehead atoms. The summed E-state index contributed by atoms with van der Waals surface area (Å²) >= 11 is 0. The molecule has 1 N–H and O–H groups in total. The SMILES string of the molecule is CC(C)(F)CN1[C@@H](C2C(F)=CC(OCCN3CC(CF)C3)=CC2F)c2[nH]c3ccccc3c2CC1(C)C. The summed E-state index contributed by atoms with van der Waals surface area (Å²) in [5.41, 5.74) is 0.610. The topological polar surface area (TPSA) is 31.5 Å². The van der Waals surface area contributed by atoms with Crippen molar-refractivity contribution in [1.82, 2.24) is 14.8 Å². The van der Waals surface area contributed by atoms with Crippen molar-refractivity contribution >= 4 is 10.9 Å². The summed E-state index contributed by atoms with van der Waals surface area (Å²) in [4.78, 5) is 7.42. The molecule has 0 radical (unpaired) electrons. The van der Waals surface area contributed by atoms with E-state index >= 15 is 13.2 Å². The zero-order valence-electron chi connectivity index (χ0n) is 22.0. The largest absolute Gasteiger partial charge is 0.492 e. The van der Waals surface area contributed by atoms with Crippen molar-refractivity contribution in [2.24, 2.45) is 11.8 Å². The van der Waals surface area contributed by atoms with Gasteiger partial charge in [-0.2, -0.15) is 0 Å². The molecule has 4 nitrogen and oxygen atoms in total. The first-order chi connectivity index (χ1) is 17.5. The van der Waals surface area contributed by atoms with Crippen molar-refractivity contribution < 1.29 is 22.3 Å². The van der Waals surface area contributed by atoms with Gasteiger partial charge in [-0.05, 0) is 51.8 Å². The molecular formula is C29H37F4N3O. The van der Waals surface area contributed by atoms with Crippen LogP contribution in [0.3, 0.4) is 0 Å². The van der Waals surface area contributed by atoms with Gasteiger partial charge in [0.1, 0.15) is 30.0 Å². The number of halogens is 4. The maximum Gasteiger partial charge on any atom is 0.133 e. The van der Waals surface area contributed by atoms with Crippen LogP contribution >= 0.6 is 0 Å². The number of benzene rings is 1. The van der Waals surface area contributed by atoms with E-state index in [2.05, 4.69) is 9.88 Å². The van der Waals surface area contributed by atoms with Gasteiger partial charge in [-0.1, -0.05) is 18.2 Å². The molecule has 1 saturated heterocycles. The Morgan fingerprint density at radius 1 is 1.19 bits per heavy atom. The third-order valence-electron chi connectivity index (χ3n) is 7.94. The fourth-order valence-corrected chi connectivity index (χ4v) is 6.18. The fourth-order valence-electron chi connectivity index (χ4n) is 6.18. The molecule has 2 aliphatic heterocycles. The molecule has 2 aromatic rings. The Balaban J connectivity index is 1.43. The number of allylic oxidation sites excluding steroid dienone is 2. The average molecular weight is 520 g/mol. The zero-order chi connectivity index (χ0) is 26.5. The monoisotopic (exact) mass is 519 g/mol. The Morgan fingerprint density at radius 2 is 1.92 bits per heavy atom. The zero-order valence-corrected chi connectivity index (χ0v) is 22.0. The van der Waals surface area contributed by atoms with Gasteiger partial charge in [0.05, 0.1) is 18.6 Å². The second-order valence-corrected chi connectivity index (χ2v) is 12.0. The highest BCUT2D eigenvalue weighted by Crippen LogP contribution is 2.50. The summed E-state index contributed by atoms with van der Waals surface area (Å²) < 4.78 is 65.1. The Labute approximate surface area is 216 Å². The minimum Gasteiger partial charge on any atom is -0.492 e. The number of para-hydroxylation sites is 1. The van der Waals surface area contributed by atoms with Gasteiger partial charge in [0, 0.05) is 60.3 Å². The first-order valence-electron chi connectivity index (χ1n) is 13.2. The molecule has 8 heteroatoms. The number of hydrogen-bond donors (Lipinski definition) is 1. The Bertz CT molecular complexity index is 1190. The van der Waals surface area contributed by atoms with Crippen LogP contribution in [0.25, 0.3) is 10.9 Å². The van der Waals surface area contributed by atoms with Crippen molar-refractivity contribution in [3.8, 4) is 0 Å². The van der Waals surface area contributed by atoms with Crippen molar-refractivity contribution in [2.75, 3.05) is 39.5 Å². The van der Waals surface area contributed by atoms with Gasteiger partial charge >= 0.3 is 0 Å². The molecule has 1 fully saturated rings. The number of hydrogen-bond acceptors (Lipinski definition) is 3. The number of aromatic amines is 1. The lowest BCUT2D eigenvalue weighted by Crippen LogP contribution is -2.57. The predicted molar refractivity (Wildman–Crippen MR) is 138 cm³/mol. The van der Waals surface area contributed by atoms with Gasteiger partial charge in [-0.15, -0.1) is 0 Å². The number of aromatic nitrogens is 1. The average Bonchev–Trinajstić information content (AvgIpc) is 3.13. The molecule has 1 aromatic carbocycles. The van der Waals surface area contributed by atoms with Gasteiger partial charge in [0.15, 0.2) is 0 Å². The number of alkyl halides is 3.